The SMILES string of the molecule is COc1c(N)cc(S(=O)(=O)Nc2cnns2)cc1F. The number of nitrogens with one attached hydrogen (secondary N) is 1. The molecule has 0 atom stereocenters. The molecule has 0 saturated carbocycles. The van der Waals surface area contributed by atoms with Crippen LogP contribution < -0.4 is 15.2 Å². The second-order valence-electron chi connectivity index (χ2n) is 3.41. The highest BCUT2D eigenvalue weighted by Crippen LogP contribution is 2.29. The minimum Gasteiger partial charge on any atom is -0.492 e. The van der Waals surface area contributed by atoms with Crippen molar-refractivity contribution in [3.63, 3.8) is 0 Å². The molecule has 0 saturated heterocycles. The summed E-state index contributed by atoms with van der Waals surface area (Å²) in [6.07, 6.45) is 1.24. The normalized spacial score (nSPS) is 11.3. The number of hydrogen-bond acceptors (Lipinski definition) is 7. The number of aromatic nitrogens is 2. The Kier molecular flexibility index (Phi) is 3.53. The molecule has 2 rings (SSSR count). The number of halogens is 1. The van der Waals surface area contributed by atoms with Gasteiger partial charge in [0.2, 0.25) is 0 Å². The van der Waals surface area contributed by atoms with Gasteiger partial charge in [0, 0.05) is 11.5 Å². The third-order valence-corrected chi connectivity index (χ3v) is 4.21. The maximum Gasteiger partial charge on any atom is 0.262 e. The minimum atomic E-state index is -3.95. The fraction of sp³-hybridized carbons (Fsp3) is 0.111. The maximum absolute atomic E-state index is 13.6. The first-order valence-electron chi connectivity index (χ1n) is 4.87. The summed E-state index contributed by atoms with van der Waals surface area (Å²) in [4.78, 5) is -0.309. The van der Waals surface area contributed by atoms with Crippen LogP contribution in [0.3, 0.4) is 0 Å². The molecule has 1 aromatic carbocycles. The topological polar surface area (TPSA) is 107 Å². The van der Waals surface area contributed by atoms with Crippen molar-refractivity contribution in [1.29, 1.82) is 0 Å². The van der Waals surface area contributed by atoms with Gasteiger partial charge in [-0.05, 0) is 12.1 Å². The summed E-state index contributed by atoms with van der Waals surface area (Å²) in [5.74, 6) is -1.05. The molecule has 2 aromatic rings. The summed E-state index contributed by atoms with van der Waals surface area (Å²) < 4.78 is 48.0. The van der Waals surface area contributed by atoms with Gasteiger partial charge in [-0.25, -0.2) is 12.8 Å². The number of anilines is 2. The highest BCUT2D eigenvalue weighted by molar-refractivity contribution is 7.93. The molecule has 19 heavy (non-hydrogen) atoms. The van der Waals surface area contributed by atoms with E-state index in [0.717, 1.165) is 23.7 Å². The molecule has 0 aliphatic heterocycles. The molecular formula is C9H9FN4O3S2. The Morgan fingerprint density at radius 1 is 1.47 bits per heavy atom. The van der Waals surface area contributed by atoms with Gasteiger partial charge in [0.05, 0.1) is 23.9 Å². The highest BCUT2D eigenvalue weighted by Gasteiger charge is 2.20. The van der Waals surface area contributed by atoms with Crippen molar-refractivity contribution in [2.45, 2.75) is 4.90 Å². The van der Waals surface area contributed by atoms with Crippen molar-refractivity contribution >= 4 is 32.2 Å². The second kappa shape index (κ2) is 4.97. The van der Waals surface area contributed by atoms with Gasteiger partial charge in [-0.3, -0.25) is 4.72 Å². The van der Waals surface area contributed by atoms with Crippen LogP contribution in [0.4, 0.5) is 15.1 Å². The number of nitrogen functional groups attached to an aromatic ring is 1. The number of sulfonamides is 1. The standard InChI is InChI=1S/C9H9FN4O3S2/c1-17-9-6(10)2-5(3-7(9)11)19(15,16)13-8-4-12-14-18-8/h2-4,13H,11H2,1H3. The lowest BCUT2D eigenvalue weighted by Crippen LogP contribution is -2.13. The summed E-state index contributed by atoms with van der Waals surface area (Å²) >= 11 is 0.859. The van der Waals surface area contributed by atoms with Crippen LogP contribution in [0, 0.1) is 5.82 Å². The van der Waals surface area contributed by atoms with Crippen LogP contribution in [-0.4, -0.2) is 25.1 Å². The molecule has 10 heteroatoms. The average Bonchev–Trinajstić information content (AvgIpc) is 2.80. The van der Waals surface area contributed by atoms with Gasteiger partial charge in [-0.15, -0.1) is 5.10 Å². The third kappa shape index (κ3) is 2.74. The van der Waals surface area contributed by atoms with E-state index < -0.39 is 15.8 Å². The highest BCUT2D eigenvalue weighted by atomic mass is 32.2. The van der Waals surface area contributed by atoms with Gasteiger partial charge in [0.15, 0.2) is 11.6 Å². The van der Waals surface area contributed by atoms with Crippen LogP contribution in [0.1, 0.15) is 0 Å². The van der Waals surface area contributed by atoms with Gasteiger partial charge in [0.25, 0.3) is 10.0 Å². The molecular weight excluding hydrogens is 295 g/mol. The van der Waals surface area contributed by atoms with Gasteiger partial charge < -0.3 is 10.5 Å². The molecule has 0 fully saturated rings. The van der Waals surface area contributed by atoms with Crippen LogP contribution in [0.15, 0.2) is 23.2 Å². The summed E-state index contributed by atoms with van der Waals surface area (Å²) in [7, 11) is -2.71. The first kappa shape index (κ1) is 13.5. The Balaban J connectivity index is 2.41. The minimum absolute atomic E-state index is 0.106. The summed E-state index contributed by atoms with van der Waals surface area (Å²) in [6.45, 7) is 0. The molecule has 7 nitrogen and oxygen atoms in total. The van der Waals surface area contributed by atoms with Crippen LogP contribution in [0.25, 0.3) is 0 Å². The molecule has 0 spiro atoms. The fourth-order valence-electron chi connectivity index (χ4n) is 1.36. The number of ether oxygens (including phenoxy) is 1. The molecule has 1 heterocycles. The lowest BCUT2D eigenvalue weighted by molar-refractivity contribution is 0.388. The Labute approximate surface area is 112 Å². The number of hydrogen-bond donors (Lipinski definition) is 2. The van der Waals surface area contributed by atoms with Crippen molar-refractivity contribution in [2.75, 3.05) is 17.6 Å². The van der Waals surface area contributed by atoms with Crippen molar-refractivity contribution in [3.8, 4) is 5.75 Å². The number of rotatable bonds is 4. The van der Waals surface area contributed by atoms with Crippen molar-refractivity contribution in [3.05, 3.63) is 24.1 Å². The van der Waals surface area contributed by atoms with Crippen molar-refractivity contribution < 1.29 is 17.5 Å². The van der Waals surface area contributed by atoms with E-state index in [1.54, 1.807) is 0 Å². The lowest BCUT2D eigenvalue weighted by Gasteiger charge is -2.09. The van der Waals surface area contributed by atoms with Gasteiger partial charge >= 0.3 is 0 Å². The number of benzene rings is 1. The molecule has 102 valence electrons. The number of nitrogens with two attached hydrogens (primary N) is 1. The molecule has 0 bridgehead atoms. The quantitative estimate of drug-likeness (QED) is 0.818. The Bertz CT molecular complexity index is 664. The third-order valence-electron chi connectivity index (χ3n) is 2.16. The molecule has 1 aromatic heterocycles. The van der Waals surface area contributed by atoms with E-state index in [0.29, 0.717) is 0 Å². The van der Waals surface area contributed by atoms with Gasteiger partial charge in [-0.2, -0.15) is 0 Å². The maximum atomic E-state index is 13.6. The van der Waals surface area contributed by atoms with E-state index in [1.165, 1.54) is 13.3 Å². The zero-order valence-corrected chi connectivity index (χ0v) is 11.3. The first-order chi connectivity index (χ1) is 8.94. The predicted molar refractivity (Wildman–Crippen MR) is 68.1 cm³/mol. The van der Waals surface area contributed by atoms with E-state index in [1.807, 2.05) is 0 Å². The second-order valence-corrected chi connectivity index (χ2v) is 5.88. The van der Waals surface area contributed by atoms with Crippen LogP contribution in [-0.2, 0) is 10.0 Å². The summed E-state index contributed by atoms with van der Waals surface area (Å²) in [6, 6.07) is 1.94. The van der Waals surface area contributed by atoms with Crippen LogP contribution in [0.2, 0.25) is 0 Å². The molecule has 0 radical (unpaired) electrons. The fourth-order valence-corrected chi connectivity index (χ4v) is 3.09. The summed E-state index contributed by atoms with van der Waals surface area (Å²) in [5.41, 5.74) is 5.42. The Hall–Kier alpha value is -1.94. The molecule has 0 aliphatic rings. The Morgan fingerprint density at radius 2 is 2.21 bits per heavy atom. The van der Waals surface area contributed by atoms with Crippen LogP contribution in [0.5, 0.6) is 5.75 Å². The summed E-state index contributed by atoms with van der Waals surface area (Å²) in [5, 5.41) is 3.70. The first-order valence-corrected chi connectivity index (χ1v) is 7.13. The van der Waals surface area contributed by atoms with Crippen LogP contribution >= 0.6 is 11.5 Å². The zero-order valence-electron chi connectivity index (χ0n) is 9.62. The zero-order chi connectivity index (χ0) is 14.0. The van der Waals surface area contributed by atoms with Crippen molar-refractivity contribution in [1.82, 2.24) is 9.59 Å². The average molecular weight is 304 g/mol. The monoisotopic (exact) mass is 304 g/mol. The predicted octanol–water partition coefficient (Wildman–Crippen LogP) is 1.07. The lowest BCUT2D eigenvalue weighted by atomic mass is 10.3. The van der Waals surface area contributed by atoms with E-state index >= 15 is 0 Å². The largest absolute Gasteiger partial charge is 0.492 e. The van der Waals surface area contributed by atoms with Crippen molar-refractivity contribution in [2.24, 2.45) is 0 Å². The van der Waals surface area contributed by atoms with Gasteiger partial charge in [-0.1, -0.05) is 4.49 Å². The molecule has 0 amide bonds. The Morgan fingerprint density at radius 3 is 2.74 bits per heavy atom. The number of nitrogens with zero attached hydrogens (tertiary/aromatic N) is 2. The van der Waals surface area contributed by atoms with E-state index in [-0.39, 0.29) is 21.3 Å². The number of methoxy groups -OCH3 is 1. The molecule has 3 N–H and O–H groups in total. The van der Waals surface area contributed by atoms with E-state index in [4.69, 9.17) is 10.5 Å². The smallest absolute Gasteiger partial charge is 0.262 e. The molecule has 0 aliphatic carbocycles. The van der Waals surface area contributed by atoms with E-state index in [9.17, 15) is 12.8 Å². The van der Waals surface area contributed by atoms with E-state index in [2.05, 4.69) is 14.3 Å². The molecule has 0 unspecified atom stereocenters. The van der Waals surface area contributed by atoms with Gasteiger partial charge in [0.1, 0.15) is 5.00 Å².